The summed E-state index contributed by atoms with van der Waals surface area (Å²) >= 11 is 0. The van der Waals surface area contributed by atoms with E-state index in [0.717, 1.165) is 24.2 Å². The van der Waals surface area contributed by atoms with E-state index in [1.807, 2.05) is 0 Å². The molecule has 0 fully saturated rings. The van der Waals surface area contributed by atoms with Crippen LogP contribution in [-0.2, 0) is 12.8 Å². The molecule has 0 radical (unpaired) electrons. The zero-order chi connectivity index (χ0) is 8.39. The van der Waals surface area contributed by atoms with Gasteiger partial charge in [0.2, 0.25) is 0 Å². The predicted molar refractivity (Wildman–Crippen MR) is 47.7 cm³/mol. The van der Waals surface area contributed by atoms with E-state index in [9.17, 15) is 0 Å². The molecular formula is C9H13N3. The first kappa shape index (κ1) is 7.53. The van der Waals surface area contributed by atoms with E-state index in [4.69, 9.17) is 5.73 Å². The van der Waals surface area contributed by atoms with Gasteiger partial charge in [0.1, 0.15) is 5.82 Å². The fourth-order valence-electron chi connectivity index (χ4n) is 1.64. The van der Waals surface area contributed by atoms with Crippen LogP contribution in [0, 0.1) is 0 Å². The van der Waals surface area contributed by atoms with Crippen molar-refractivity contribution in [3.8, 4) is 0 Å². The first-order chi connectivity index (χ1) is 5.86. The van der Waals surface area contributed by atoms with Crippen molar-refractivity contribution in [2.24, 2.45) is 0 Å². The number of rotatable bonds is 0. The minimum atomic E-state index is 0.552. The number of aryl methyl sites for hydroxylation is 2. The normalized spacial score (nSPS) is 16.7. The molecule has 2 N–H and O–H groups in total. The molecule has 0 aliphatic heterocycles. The largest absolute Gasteiger partial charge is 0.382 e. The third-order valence-electron chi connectivity index (χ3n) is 2.28. The maximum Gasteiger partial charge on any atom is 0.142 e. The van der Waals surface area contributed by atoms with Gasteiger partial charge in [0.05, 0.1) is 17.6 Å². The van der Waals surface area contributed by atoms with Crippen molar-refractivity contribution < 1.29 is 0 Å². The van der Waals surface area contributed by atoms with Gasteiger partial charge in [-0.1, -0.05) is 6.42 Å². The average Bonchev–Trinajstić information content (AvgIpc) is 2.28. The molecule has 0 amide bonds. The molecule has 0 unspecified atom stereocenters. The smallest absolute Gasteiger partial charge is 0.142 e. The first-order valence-corrected chi connectivity index (χ1v) is 4.46. The Morgan fingerprint density at radius 1 is 1.08 bits per heavy atom. The van der Waals surface area contributed by atoms with Crippen LogP contribution in [0.25, 0.3) is 0 Å². The zero-order valence-corrected chi connectivity index (χ0v) is 7.08. The molecule has 64 valence electrons. The summed E-state index contributed by atoms with van der Waals surface area (Å²) in [6.45, 7) is 0. The fourth-order valence-corrected chi connectivity index (χ4v) is 1.64. The van der Waals surface area contributed by atoms with Gasteiger partial charge in [0.25, 0.3) is 0 Å². The minimum Gasteiger partial charge on any atom is -0.382 e. The molecule has 0 atom stereocenters. The summed E-state index contributed by atoms with van der Waals surface area (Å²) in [5, 5.41) is 0. The Morgan fingerprint density at radius 3 is 2.67 bits per heavy atom. The van der Waals surface area contributed by atoms with E-state index in [2.05, 4.69) is 9.97 Å². The summed E-state index contributed by atoms with van der Waals surface area (Å²) in [5.41, 5.74) is 7.83. The van der Waals surface area contributed by atoms with Gasteiger partial charge < -0.3 is 5.73 Å². The number of fused-ring (bicyclic) bond motifs is 1. The Kier molecular flexibility index (Phi) is 1.94. The van der Waals surface area contributed by atoms with E-state index >= 15 is 0 Å². The van der Waals surface area contributed by atoms with Crippen molar-refractivity contribution in [3.05, 3.63) is 17.6 Å². The topological polar surface area (TPSA) is 51.8 Å². The molecule has 1 heterocycles. The lowest BCUT2D eigenvalue weighted by Gasteiger charge is -2.02. The molecule has 1 aliphatic rings. The van der Waals surface area contributed by atoms with E-state index in [1.54, 1.807) is 6.20 Å². The van der Waals surface area contributed by atoms with Crippen molar-refractivity contribution >= 4 is 5.82 Å². The number of hydrogen-bond acceptors (Lipinski definition) is 3. The molecule has 1 aromatic heterocycles. The maximum absolute atomic E-state index is 5.56. The Morgan fingerprint density at radius 2 is 1.83 bits per heavy atom. The van der Waals surface area contributed by atoms with E-state index in [0.29, 0.717) is 5.82 Å². The van der Waals surface area contributed by atoms with Crippen molar-refractivity contribution in [3.63, 3.8) is 0 Å². The predicted octanol–water partition coefficient (Wildman–Crippen LogP) is 1.33. The quantitative estimate of drug-likeness (QED) is 0.587. The van der Waals surface area contributed by atoms with Gasteiger partial charge in [-0.15, -0.1) is 0 Å². The summed E-state index contributed by atoms with van der Waals surface area (Å²) in [6, 6.07) is 0. The standard InChI is InChI=1S/C9H13N3/c10-9-6-11-7-4-2-1-3-5-8(7)12-9/h6H,1-5H2,(H2,10,12). The number of anilines is 1. The third-order valence-corrected chi connectivity index (χ3v) is 2.28. The van der Waals surface area contributed by atoms with Gasteiger partial charge in [-0.05, 0) is 25.7 Å². The second-order valence-corrected chi connectivity index (χ2v) is 3.25. The molecule has 0 spiro atoms. The van der Waals surface area contributed by atoms with Crippen LogP contribution in [0.5, 0.6) is 0 Å². The second kappa shape index (κ2) is 3.09. The molecule has 2 rings (SSSR count). The highest BCUT2D eigenvalue weighted by molar-refractivity contribution is 5.28. The fraction of sp³-hybridized carbons (Fsp3) is 0.556. The lowest BCUT2D eigenvalue weighted by molar-refractivity contribution is 0.707. The van der Waals surface area contributed by atoms with Crippen LogP contribution < -0.4 is 5.73 Å². The zero-order valence-electron chi connectivity index (χ0n) is 7.08. The van der Waals surface area contributed by atoms with Gasteiger partial charge >= 0.3 is 0 Å². The van der Waals surface area contributed by atoms with E-state index in [1.165, 1.54) is 19.3 Å². The number of nitrogens with two attached hydrogens (primary N) is 1. The molecular weight excluding hydrogens is 150 g/mol. The SMILES string of the molecule is Nc1cnc2c(n1)CCCCC2. The molecule has 1 aliphatic carbocycles. The monoisotopic (exact) mass is 163 g/mol. The summed E-state index contributed by atoms with van der Waals surface area (Å²) in [5.74, 6) is 0.552. The minimum absolute atomic E-state index is 0.552. The molecule has 3 nitrogen and oxygen atoms in total. The van der Waals surface area contributed by atoms with Crippen LogP contribution in [0.15, 0.2) is 6.20 Å². The highest BCUT2D eigenvalue weighted by atomic mass is 14.9. The number of nitrogen functional groups attached to an aromatic ring is 1. The summed E-state index contributed by atoms with van der Waals surface area (Å²) in [7, 11) is 0. The molecule has 0 aromatic carbocycles. The van der Waals surface area contributed by atoms with Crippen molar-refractivity contribution in [1.29, 1.82) is 0 Å². The number of hydrogen-bond donors (Lipinski definition) is 1. The van der Waals surface area contributed by atoms with Crippen molar-refractivity contribution in [1.82, 2.24) is 9.97 Å². The molecule has 12 heavy (non-hydrogen) atoms. The molecule has 0 saturated heterocycles. The Hall–Kier alpha value is -1.12. The van der Waals surface area contributed by atoms with E-state index in [-0.39, 0.29) is 0 Å². The third kappa shape index (κ3) is 1.40. The number of nitrogens with zero attached hydrogens (tertiary/aromatic N) is 2. The molecule has 3 heteroatoms. The van der Waals surface area contributed by atoms with Gasteiger partial charge in [-0.3, -0.25) is 4.98 Å². The average molecular weight is 163 g/mol. The Bertz CT molecular complexity index is 283. The van der Waals surface area contributed by atoms with Crippen molar-refractivity contribution in [2.75, 3.05) is 5.73 Å². The van der Waals surface area contributed by atoms with Crippen LogP contribution >= 0.6 is 0 Å². The molecule has 0 bridgehead atoms. The lowest BCUT2D eigenvalue weighted by Crippen LogP contribution is -2.02. The Balaban J connectivity index is 2.36. The van der Waals surface area contributed by atoms with Crippen LogP contribution in [0.2, 0.25) is 0 Å². The van der Waals surface area contributed by atoms with Gasteiger partial charge in [0.15, 0.2) is 0 Å². The van der Waals surface area contributed by atoms with E-state index < -0.39 is 0 Å². The van der Waals surface area contributed by atoms with Gasteiger partial charge in [0, 0.05) is 0 Å². The van der Waals surface area contributed by atoms with Crippen LogP contribution in [-0.4, -0.2) is 9.97 Å². The summed E-state index contributed by atoms with van der Waals surface area (Å²) in [4.78, 5) is 8.58. The lowest BCUT2D eigenvalue weighted by atomic mass is 10.2. The van der Waals surface area contributed by atoms with Crippen LogP contribution in [0.1, 0.15) is 30.7 Å². The first-order valence-electron chi connectivity index (χ1n) is 4.46. The van der Waals surface area contributed by atoms with Crippen LogP contribution in [0.3, 0.4) is 0 Å². The summed E-state index contributed by atoms with van der Waals surface area (Å²) < 4.78 is 0. The Labute approximate surface area is 72.0 Å². The second-order valence-electron chi connectivity index (χ2n) is 3.25. The van der Waals surface area contributed by atoms with Crippen molar-refractivity contribution in [2.45, 2.75) is 32.1 Å². The summed E-state index contributed by atoms with van der Waals surface area (Å²) in [6.07, 6.45) is 7.54. The highest BCUT2D eigenvalue weighted by Gasteiger charge is 2.09. The molecule has 1 aromatic rings. The van der Waals surface area contributed by atoms with Gasteiger partial charge in [-0.25, -0.2) is 4.98 Å². The maximum atomic E-state index is 5.56. The number of aromatic nitrogens is 2. The molecule has 0 saturated carbocycles. The highest BCUT2D eigenvalue weighted by Crippen LogP contribution is 2.17. The van der Waals surface area contributed by atoms with Crippen LogP contribution in [0.4, 0.5) is 5.82 Å². The van der Waals surface area contributed by atoms with Gasteiger partial charge in [-0.2, -0.15) is 0 Å².